The normalized spacial score (nSPS) is 11.0. The van der Waals surface area contributed by atoms with Crippen molar-refractivity contribution in [3.05, 3.63) is 53.8 Å². The first kappa shape index (κ1) is 22.2. The molecule has 0 aromatic heterocycles. The zero-order valence-electron chi connectivity index (χ0n) is 15.6. The molecule has 29 heavy (non-hydrogen) atoms. The van der Waals surface area contributed by atoms with E-state index in [2.05, 4.69) is 4.72 Å². The lowest BCUT2D eigenvalue weighted by molar-refractivity contribution is -0.137. The zero-order chi connectivity index (χ0) is 21.4. The fraction of sp³-hybridized carbons (Fsp3) is 0.263. The fourth-order valence-electron chi connectivity index (χ4n) is 2.31. The van der Waals surface area contributed by atoms with E-state index in [0.29, 0.717) is 0 Å². The van der Waals surface area contributed by atoms with E-state index in [4.69, 9.17) is 14.6 Å². The van der Waals surface area contributed by atoms with Crippen LogP contribution in [-0.2, 0) is 19.6 Å². The number of rotatable bonds is 10. The van der Waals surface area contributed by atoms with Gasteiger partial charge in [-0.2, -0.15) is 0 Å². The maximum Gasteiger partial charge on any atom is 0.338 e. The summed E-state index contributed by atoms with van der Waals surface area (Å²) < 4.78 is 51.5. The molecule has 0 aliphatic rings. The molecule has 0 amide bonds. The van der Waals surface area contributed by atoms with Gasteiger partial charge >= 0.3 is 11.9 Å². The van der Waals surface area contributed by atoms with E-state index in [0.717, 1.165) is 18.2 Å². The first-order chi connectivity index (χ1) is 13.7. The molecule has 2 N–H and O–H groups in total. The summed E-state index contributed by atoms with van der Waals surface area (Å²) in [5.41, 5.74) is 0.285. The Bertz CT molecular complexity index is 992. The van der Waals surface area contributed by atoms with Crippen LogP contribution in [0.25, 0.3) is 0 Å². The third kappa shape index (κ3) is 6.46. The van der Waals surface area contributed by atoms with E-state index in [1.165, 1.54) is 24.3 Å². The molecule has 2 rings (SSSR count). The van der Waals surface area contributed by atoms with Gasteiger partial charge in [0.15, 0.2) is 11.6 Å². The summed E-state index contributed by atoms with van der Waals surface area (Å²) in [6.45, 7) is 1.81. The van der Waals surface area contributed by atoms with Gasteiger partial charge in [0, 0.05) is 12.1 Å². The van der Waals surface area contributed by atoms with Crippen molar-refractivity contribution in [3.8, 4) is 5.75 Å². The topological polar surface area (TPSA) is 119 Å². The predicted octanol–water partition coefficient (Wildman–Crippen LogP) is 3.05. The summed E-state index contributed by atoms with van der Waals surface area (Å²) >= 11 is 0. The summed E-state index contributed by atoms with van der Waals surface area (Å²) in [5.74, 6) is -2.67. The molecule has 0 atom stereocenters. The number of carbonyl (C=O) groups excluding carboxylic acids is 1. The molecule has 0 unspecified atom stereocenters. The Kier molecular flexibility index (Phi) is 7.54. The molecular formula is C19H20FNO7S. The van der Waals surface area contributed by atoms with Gasteiger partial charge in [-0.3, -0.25) is 9.52 Å². The van der Waals surface area contributed by atoms with Crippen LogP contribution in [0.15, 0.2) is 47.4 Å². The number of hydrogen-bond donors (Lipinski definition) is 2. The minimum atomic E-state index is -4.12. The Hall–Kier alpha value is -3.14. The third-order valence-corrected chi connectivity index (χ3v) is 5.01. The number of hydrogen-bond acceptors (Lipinski definition) is 6. The molecular weight excluding hydrogens is 405 g/mol. The maximum absolute atomic E-state index is 14.2. The highest BCUT2D eigenvalue weighted by Crippen LogP contribution is 2.23. The van der Waals surface area contributed by atoms with Crippen LogP contribution >= 0.6 is 0 Å². The highest BCUT2D eigenvalue weighted by atomic mass is 32.2. The second-order valence-electron chi connectivity index (χ2n) is 5.84. The van der Waals surface area contributed by atoms with Crippen LogP contribution in [0.1, 0.15) is 30.1 Å². The number of nitrogens with one attached hydrogen (secondary N) is 1. The Morgan fingerprint density at radius 3 is 2.59 bits per heavy atom. The van der Waals surface area contributed by atoms with E-state index in [9.17, 15) is 22.4 Å². The average Bonchev–Trinajstić information content (AvgIpc) is 2.66. The van der Waals surface area contributed by atoms with Gasteiger partial charge in [-0.05, 0) is 49.7 Å². The first-order valence-corrected chi connectivity index (χ1v) is 10.2. The van der Waals surface area contributed by atoms with Crippen molar-refractivity contribution in [2.75, 3.05) is 17.9 Å². The van der Waals surface area contributed by atoms with Crippen molar-refractivity contribution in [3.63, 3.8) is 0 Å². The number of carboxylic acids is 1. The Morgan fingerprint density at radius 2 is 1.93 bits per heavy atom. The van der Waals surface area contributed by atoms with Gasteiger partial charge in [0.1, 0.15) is 0 Å². The van der Waals surface area contributed by atoms with Crippen molar-refractivity contribution >= 4 is 27.6 Å². The number of carboxylic acid groups (broad SMARTS) is 1. The minimum Gasteiger partial charge on any atom is -0.491 e. The number of carbonyl (C=O) groups is 2. The molecule has 0 aliphatic heterocycles. The lowest BCUT2D eigenvalue weighted by atomic mass is 10.2. The molecule has 0 fully saturated rings. The van der Waals surface area contributed by atoms with Crippen molar-refractivity contribution in [1.29, 1.82) is 0 Å². The van der Waals surface area contributed by atoms with Crippen LogP contribution < -0.4 is 9.46 Å². The van der Waals surface area contributed by atoms with Crippen molar-refractivity contribution < 1.29 is 37.0 Å². The fourth-order valence-corrected chi connectivity index (χ4v) is 3.37. The minimum absolute atomic E-state index is 0.0196. The lowest BCUT2D eigenvalue weighted by Crippen LogP contribution is -2.14. The summed E-state index contributed by atoms with van der Waals surface area (Å²) in [6.07, 6.45) is 0.0655. The lowest BCUT2D eigenvalue weighted by Gasteiger charge is -2.11. The molecule has 0 aliphatic carbocycles. The van der Waals surface area contributed by atoms with E-state index < -0.39 is 27.8 Å². The molecule has 0 bridgehead atoms. The first-order valence-electron chi connectivity index (χ1n) is 8.67. The number of benzene rings is 2. The average molecular weight is 425 g/mol. The smallest absolute Gasteiger partial charge is 0.338 e. The van der Waals surface area contributed by atoms with Crippen molar-refractivity contribution in [1.82, 2.24) is 0 Å². The molecule has 0 radical (unpaired) electrons. The summed E-state index contributed by atoms with van der Waals surface area (Å²) in [7, 11) is -4.12. The SMILES string of the molecule is CCOC(=O)c1cccc(NS(=O)(=O)c2ccc(OCCCC(=O)O)c(F)c2)c1. The van der Waals surface area contributed by atoms with Crippen LogP contribution in [-0.4, -0.2) is 38.7 Å². The largest absolute Gasteiger partial charge is 0.491 e. The summed E-state index contributed by atoms with van der Waals surface area (Å²) in [4.78, 5) is 21.9. The second kappa shape index (κ2) is 9.87. The molecule has 0 saturated heterocycles. The molecule has 10 heteroatoms. The van der Waals surface area contributed by atoms with Crippen LogP contribution in [0.2, 0.25) is 0 Å². The van der Waals surface area contributed by atoms with Crippen molar-refractivity contribution in [2.24, 2.45) is 0 Å². The monoisotopic (exact) mass is 425 g/mol. The number of aliphatic carboxylic acids is 1. The van der Waals surface area contributed by atoms with Gasteiger partial charge < -0.3 is 14.6 Å². The number of sulfonamides is 1. The van der Waals surface area contributed by atoms with Gasteiger partial charge in [0.05, 0.1) is 23.7 Å². The predicted molar refractivity (Wildman–Crippen MR) is 102 cm³/mol. The van der Waals surface area contributed by atoms with Gasteiger partial charge in [-0.1, -0.05) is 6.07 Å². The van der Waals surface area contributed by atoms with Gasteiger partial charge in [0.2, 0.25) is 0 Å². The standard InChI is InChI=1S/C19H20FNO7S/c1-2-27-19(24)13-5-3-6-14(11-13)21-29(25,26)15-8-9-17(16(20)12-15)28-10-4-7-18(22)23/h3,5-6,8-9,11-12,21H,2,4,7,10H2,1H3,(H,22,23). The van der Waals surface area contributed by atoms with Crippen LogP contribution in [0, 0.1) is 5.82 Å². The van der Waals surface area contributed by atoms with E-state index in [1.54, 1.807) is 6.92 Å². The molecule has 0 heterocycles. The quantitative estimate of drug-likeness (QED) is 0.443. The van der Waals surface area contributed by atoms with Crippen LogP contribution in [0.3, 0.4) is 0 Å². The van der Waals surface area contributed by atoms with Crippen molar-refractivity contribution in [2.45, 2.75) is 24.7 Å². The summed E-state index contributed by atoms with van der Waals surface area (Å²) in [6, 6.07) is 8.82. The Morgan fingerprint density at radius 1 is 1.17 bits per heavy atom. The molecule has 8 nitrogen and oxygen atoms in total. The zero-order valence-corrected chi connectivity index (χ0v) is 16.4. The van der Waals surface area contributed by atoms with Crippen LogP contribution in [0.5, 0.6) is 5.75 Å². The number of ether oxygens (including phenoxy) is 2. The number of halogens is 1. The highest BCUT2D eigenvalue weighted by Gasteiger charge is 2.18. The van der Waals surface area contributed by atoms with Crippen LogP contribution in [0.4, 0.5) is 10.1 Å². The van der Waals surface area contributed by atoms with Gasteiger partial charge in [0.25, 0.3) is 10.0 Å². The Labute approximate surface area is 167 Å². The molecule has 2 aromatic rings. The summed E-state index contributed by atoms with van der Waals surface area (Å²) in [5, 5.41) is 8.56. The van der Waals surface area contributed by atoms with E-state index >= 15 is 0 Å². The number of anilines is 1. The van der Waals surface area contributed by atoms with E-state index in [1.807, 2.05) is 0 Å². The second-order valence-corrected chi connectivity index (χ2v) is 7.53. The van der Waals surface area contributed by atoms with Gasteiger partial charge in [-0.25, -0.2) is 17.6 Å². The maximum atomic E-state index is 14.2. The van der Waals surface area contributed by atoms with Gasteiger partial charge in [-0.15, -0.1) is 0 Å². The number of esters is 1. The molecule has 2 aromatic carbocycles. The molecule has 0 spiro atoms. The Balaban J connectivity index is 2.11. The van der Waals surface area contributed by atoms with E-state index in [-0.39, 0.29) is 48.0 Å². The molecule has 0 saturated carbocycles. The molecule has 156 valence electrons. The third-order valence-electron chi connectivity index (χ3n) is 3.63. The highest BCUT2D eigenvalue weighted by molar-refractivity contribution is 7.92.